The summed E-state index contributed by atoms with van der Waals surface area (Å²) >= 11 is 2.09. The van der Waals surface area contributed by atoms with Gasteiger partial charge < -0.3 is 9.88 Å². The third kappa shape index (κ3) is 2.69. The number of thioether (sulfide) groups is 1. The zero-order chi connectivity index (χ0) is 14.1. The average Bonchev–Trinajstić information content (AvgIpc) is 3.16. The zero-order valence-electron chi connectivity index (χ0n) is 12.3. The average molecular weight is 302 g/mol. The van der Waals surface area contributed by atoms with E-state index in [2.05, 4.69) is 32.7 Å². The molecule has 2 aromatic heterocycles. The highest BCUT2D eigenvalue weighted by Gasteiger charge is 2.25. The molecule has 0 saturated carbocycles. The van der Waals surface area contributed by atoms with Crippen molar-refractivity contribution in [3.8, 4) is 0 Å². The number of imidazole rings is 1. The summed E-state index contributed by atoms with van der Waals surface area (Å²) in [6.07, 6.45) is 5.76. The number of pyridine rings is 1. The minimum absolute atomic E-state index is 0.553. The Balaban J connectivity index is 1.70. The lowest BCUT2D eigenvalue weighted by atomic mass is 10.0. The maximum atomic E-state index is 4.92. The van der Waals surface area contributed by atoms with Crippen LogP contribution in [0, 0.1) is 5.92 Å². The van der Waals surface area contributed by atoms with Gasteiger partial charge in [-0.15, -0.1) is 0 Å². The van der Waals surface area contributed by atoms with Crippen LogP contribution in [0.5, 0.6) is 0 Å². The number of nitrogens with one attached hydrogen (secondary N) is 1. The molecule has 2 aliphatic heterocycles. The van der Waals surface area contributed by atoms with E-state index in [0.717, 1.165) is 36.7 Å². The molecule has 0 aliphatic carbocycles. The Morgan fingerprint density at radius 3 is 3.00 bits per heavy atom. The van der Waals surface area contributed by atoms with Gasteiger partial charge in [0.25, 0.3) is 0 Å². The van der Waals surface area contributed by atoms with Crippen molar-refractivity contribution in [3.63, 3.8) is 0 Å². The summed E-state index contributed by atoms with van der Waals surface area (Å²) in [5.74, 6) is 5.22. The Labute approximate surface area is 129 Å². The maximum Gasteiger partial charge on any atom is 0.160 e. The first-order chi connectivity index (χ1) is 10.4. The van der Waals surface area contributed by atoms with Crippen molar-refractivity contribution >= 4 is 22.9 Å². The van der Waals surface area contributed by atoms with Gasteiger partial charge in [-0.2, -0.15) is 11.8 Å². The van der Waals surface area contributed by atoms with Crippen LogP contribution in [0.2, 0.25) is 0 Å². The third-order valence-electron chi connectivity index (χ3n) is 4.74. The minimum atomic E-state index is 0.553. The zero-order valence-corrected chi connectivity index (χ0v) is 13.1. The monoisotopic (exact) mass is 302 g/mol. The smallest absolute Gasteiger partial charge is 0.160 e. The minimum Gasteiger partial charge on any atom is -0.316 e. The van der Waals surface area contributed by atoms with Crippen molar-refractivity contribution in [3.05, 3.63) is 24.2 Å². The summed E-state index contributed by atoms with van der Waals surface area (Å²) in [6.45, 7) is 3.27. The van der Waals surface area contributed by atoms with Crippen LogP contribution < -0.4 is 5.32 Å². The van der Waals surface area contributed by atoms with Gasteiger partial charge in [0.1, 0.15) is 11.3 Å². The van der Waals surface area contributed by atoms with E-state index in [1.165, 1.54) is 36.6 Å². The van der Waals surface area contributed by atoms with Gasteiger partial charge in [-0.1, -0.05) is 0 Å². The highest BCUT2D eigenvalue weighted by atomic mass is 32.2. The second-order valence-electron chi connectivity index (χ2n) is 6.17. The van der Waals surface area contributed by atoms with Crippen LogP contribution in [-0.4, -0.2) is 39.1 Å². The molecule has 2 fully saturated rings. The third-order valence-corrected chi connectivity index (χ3v) is 5.79. The molecule has 0 radical (unpaired) electrons. The summed E-state index contributed by atoms with van der Waals surface area (Å²) in [4.78, 5) is 9.53. The number of hydrogen-bond acceptors (Lipinski definition) is 4. The van der Waals surface area contributed by atoms with Crippen molar-refractivity contribution in [1.29, 1.82) is 0 Å². The van der Waals surface area contributed by atoms with Crippen molar-refractivity contribution in [2.45, 2.75) is 31.7 Å². The highest BCUT2D eigenvalue weighted by Crippen LogP contribution is 2.29. The van der Waals surface area contributed by atoms with Gasteiger partial charge in [-0.25, -0.2) is 9.97 Å². The Morgan fingerprint density at radius 1 is 1.29 bits per heavy atom. The van der Waals surface area contributed by atoms with Gasteiger partial charge in [-0.3, -0.25) is 0 Å². The van der Waals surface area contributed by atoms with Crippen LogP contribution in [-0.2, 0) is 6.54 Å². The van der Waals surface area contributed by atoms with Gasteiger partial charge >= 0.3 is 0 Å². The lowest BCUT2D eigenvalue weighted by Crippen LogP contribution is -2.20. The molecular weight excluding hydrogens is 280 g/mol. The Hall–Kier alpha value is -1.07. The number of hydrogen-bond donors (Lipinski definition) is 1. The van der Waals surface area contributed by atoms with Crippen molar-refractivity contribution in [2.75, 3.05) is 24.6 Å². The predicted octanol–water partition coefficient (Wildman–Crippen LogP) is 2.65. The second-order valence-corrected chi connectivity index (χ2v) is 7.40. The standard InChI is InChI=1S/C16H22N4S/c1-2-14-16(18-6-1)20(11-12-4-8-21-9-5-12)15(19-14)13-3-7-17-10-13/h1-2,6,12-13,17H,3-5,7-11H2. The van der Waals surface area contributed by atoms with Crippen molar-refractivity contribution in [2.24, 2.45) is 5.92 Å². The van der Waals surface area contributed by atoms with Crippen molar-refractivity contribution < 1.29 is 0 Å². The van der Waals surface area contributed by atoms with E-state index < -0.39 is 0 Å². The quantitative estimate of drug-likeness (QED) is 0.946. The molecule has 0 bridgehead atoms. The molecule has 2 aromatic rings. The molecule has 5 heteroatoms. The van der Waals surface area contributed by atoms with E-state index in [1.54, 1.807) is 0 Å². The lowest BCUT2D eigenvalue weighted by Gasteiger charge is -2.23. The van der Waals surface area contributed by atoms with Crippen LogP contribution in [0.1, 0.15) is 31.0 Å². The summed E-state index contributed by atoms with van der Waals surface area (Å²) < 4.78 is 2.42. The second kappa shape index (κ2) is 5.97. The Kier molecular flexibility index (Phi) is 3.86. The molecule has 4 heterocycles. The highest BCUT2D eigenvalue weighted by molar-refractivity contribution is 7.99. The van der Waals surface area contributed by atoms with E-state index >= 15 is 0 Å². The normalized spacial score (nSPS) is 23.9. The predicted molar refractivity (Wildman–Crippen MR) is 87.8 cm³/mol. The van der Waals surface area contributed by atoms with Gasteiger partial charge in [0.15, 0.2) is 5.65 Å². The van der Waals surface area contributed by atoms with E-state index in [9.17, 15) is 0 Å². The topological polar surface area (TPSA) is 42.7 Å². The van der Waals surface area contributed by atoms with Crippen LogP contribution in [0.3, 0.4) is 0 Å². The number of rotatable bonds is 3. The van der Waals surface area contributed by atoms with Crippen LogP contribution >= 0.6 is 11.8 Å². The SMILES string of the molecule is c1cnc2c(c1)nc(C1CCNC1)n2CC1CCSCC1. The fourth-order valence-electron chi connectivity index (χ4n) is 3.53. The fraction of sp³-hybridized carbons (Fsp3) is 0.625. The first-order valence-corrected chi connectivity index (χ1v) is 9.17. The molecular formula is C16H22N4S. The summed E-state index contributed by atoms with van der Waals surface area (Å²) in [5.41, 5.74) is 2.14. The molecule has 1 N–H and O–H groups in total. The van der Waals surface area contributed by atoms with E-state index in [-0.39, 0.29) is 0 Å². The van der Waals surface area contributed by atoms with E-state index in [4.69, 9.17) is 4.98 Å². The molecule has 1 unspecified atom stereocenters. The lowest BCUT2D eigenvalue weighted by molar-refractivity contribution is 0.409. The summed E-state index contributed by atoms with van der Waals surface area (Å²) in [6, 6.07) is 4.09. The largest absolute Gasteiger partial charge is 0.316 e. The molecule has 0 amide bonds. The van der Waals surface area contributed by atoms with Crippen LogP contribution in [0.4, 0.5) is 0 Å². The van der Waals surface area contributed by atoms with Gasteiger partial charge in [-0.05, 0) is 55.4 Å². The number of fused-ring (bicyclic) bond motifs is 1. The summed E-state index contributed by atoms with van der Waals surface area (Å²) in [7, 11) is 0. The molecule has 2 aliphatic rings. The first-order valence-electron chi connectivity index (χ1n) is 8.01. The molecule has 0 aromatic carbocycles. The van der Waals surface area contributed by atoms with Crippen LogP contribution in [0.25, 0.3) is 11.2 Å². The Bertz CT molecular complexity index is 612. The molecule has 4 nitrogen and oxygen atoms in total. The molecule has 0 spiro atoms. The molecule has 1 atom stereocenters. The first kappa shape index (κ1) is 13.6. The van der Waals surface area contributed by atoms with Crippen LogP contribution in [0.15, 0.2) is 18.3 Å². The van der Waals surface area contributed by atoms with Gasteiger partial charge in [0.2, 0.25) is 0 Å². The molecule has 4 rings (SSSR count). The Morgan fingerprint density at radius 2 is 2.19 bits per heavy atom. The van der Waals surface area contributed by atoms with Gasteiger partial charge in [0.05, 0.1) is 0 Å². The number of nitrogens with zero attached hydrogens (tertiary/aromatic N) is 3. The summed E-state index contributed by atoms with van der Waals surface area (Å²) in [5, 5.41) is 3.47. The van der Waals surface area contributed by atoms with E-state index in [0.29, 0.717) is 5.92 Å². The number of aromatic nitrogens is 3. The molecule has 2 saturated heterocycles. The van der Waals surface area contributed by atoms with Gasteiger partial charge in [0, 0.05) is 25.2 Å². The fourth-order valence-corrected chi connectivity index (χ4v) is 4.73. The maximum absolute atomic E-state index is 4.92. The molecule has 21 heavy (non-hydrogen) atoms. The van der Waals surface area contributed by atoms with Crippen molar-refractivity contribution in [1.82, 2.24) is 19.9 Å². The molecule has 112 valence electrons. The van der Waals surface area contributed by atoms with E-state index in [1.807, 2.05) is 12.3 Å².